The second kappa shape index (κ2) is 9.80. The maximum atomic E-state index is 12.6. The van der Waals surface area contributed by atoms with Gasteiger partial charge in [-0.15, -0.1) is 0 Å². The van der Waals surface area contributed by atoms with Crippen molar-refractivity contribution < 1.29 is 27.5 Å². The van der Waals surface area contributed by atoms with Gasteiger partial charge in [0.2, 0.25) is 10.0 Å². The maximum Gasteiger partial charge on any atom is 0.309 e. The van der Waals surface area contributed by atoms with E-state index in [2.05, 4.69) is 10.3 Å². The first-order valence-electron chi connectivity index (χ1n) is 9.75. The molecule has 2 aromatic rings. The molecule has 164 valence electrons. The lowest BCUT2D eigenvalue weighted by Crippen LogP contribution is -2.41. The fraction of sp³-hybridized carbons (Fsp3) is 0.333. The van der Waals surface area contributed by atoms with Crippen molar-refractivity contribution in [2.24, 2.45) is 5.92 Å². The molecule has 3 rings (SSSR count). The number of ether oxygens (including phenoxy) is 1. The smallest absolute Gasteiger partial charge is 0.309 e. The molecule has 2 heterocycles. The van der Waals surface area contributed by atoms with Crippen LogP contribution in [0.1, 0.15) is 30.1 Å². The zero-order valence-electron chi connectivity index (χ0n) is 17.0. The lowest BCUT2D eigenvalue weighted by molar-refractivity contribution is -0.152. The molecule has 10 heteroatoms. The molecule has 0 aliphatic carbocycles. The van der Waals surface area contributed by atoms with E-state index in [1.54, 1.807) is 30.3 Å². The van der Waals surface area contributed by atoms with Crippen LogP contribution in [0.4, 0.5) is 5.69 Å². The highest BCUT2D eigenvalue weighted by molar-refractivity contribution is 7.89. The Bertz CT molecular complexity index is 1060. The average Bonchev–Trinajstić information content (AvgIpc) is 2.78. The minimum Gasteiger partial charge on any atom is -0.455 e. The van der Waals surface area contributed by atoms with E-state index in [4.69, 9.17) is 4.74 Å². The number of amides is 1. The molecular weight excluding hydrogens is 422 g/mol. The Morgan fingerprint density at radius 1 is 1.13 bits per heavy atom. The van der Waals surface area contributed by atoms with Crippen molar-refractivity contribution in [2.75, 3.05) is 25.0 Å². The second-order valence-electron chi connectivity index (χ2n) is 7.12. The summed E-state index contributed by atoms with van der Waals surface area (Å²) in [6.07, 6.45) is 3.38. The van der Waals surface area contributed by atoms with Gasteiger partial charge in [-0.1, -0.05) is 12.1 Å². The van der Waals surface area contributed by atoms with Gasteiger partial charge in [0, 0.05) is 31.0 Å². The number of nitrogens with one attached hydrogen (secondary N) is 1. The van der Waals surface area contributed by atoms with Crippen LogP contribution in [-0.4, -0.2) is 55.1 Å². The monoisotopic (exact) mass is 445 g/mol. The summed E-state index contributed by atoms with van der Waals surface area (Å²) in [6, 6.07) is 9.59. The fourth-order valence-corrected chi connectivity index (χ4v) is 4.75. The Morgan fingerprint density at radius 3 is 2.48 bits per heavy atom. The van der Waals surface area contributed by atoms with Gasteiger partial charge in [-0.25, -0.2) is 8.42 Å². The molecular formula is C21H23N3O6S. The van der Waals surface area contributed by atoms with Crippen LogP contribution in [0.3, 0.4) is 0 Å². The number of para-hydroxylation sites is 1. The number of esters is 1. The van der Waals surface area contributed by atoms with E-state index in [0.29, 0.717) is 24.1 Å². The predicted octanol–water partition coefficient (Wildman–Crippen LogP) is 1.87. The van der Waals surface area contributed by atoms with Gasteiger partial charge < -0.3 is 10.1 Å². The van der Waals surface area contributed by atoms with Crippen LogP contribution in [0.15, 0.2) is 53.7 Å². The van der Waals surface area contributed by atoms with Gasteiger partial charge in [0.1, 0.15) is 4.90 Å². The molecule has 0 spiro atoms. The molecule has 1 aliphatic rings. The van der Waals surface area contributed by atoms with Gasteiger partial charge in [-0.2, -0.15) is 4.31 Å². The number of nitrogens with zero attached hydrogens (tertiary/aromatic N) is 2. The summed E-state index contributed by atoms with van der Waals surface area (Å²) in [5.41, 5.74) is 0.717. The van der Waals surface area contributed by atoms with Gasteiger partial charge in [-0.3, -0.25) is 19.4 Å². The van der Waals surface area contributed by atoms with Crippen LogP contribution in [0.2, 0.25) is 0 Å². The number of aromatic nitrogens is 1. The van der Waals surface area contributed by atoms with Crippen LogP contribution in [-0.2, 0) is 24.3 Å². The Kier molecular flexibility index (Phi) is 7.13. The molecule has 1 aromatic carbocycles. The number of sulfonamides is 1. The Labute approximate surface area is 180 Å². The minimum absolute atomic E-state index is 0.110. The van der Waals surface area contributed by atoms with Crippen molar-refractivity contribution in [3.63, 3.8) is 0 Å². The number of pyridine rings is 1. The first kappa shape index (κ1) is 22.6. The summed E-state index contributed by atoms with van der Waals surface area (Å²) < 4.78 is 31.7. The van der Waals surface area contributed by atoms with Crippen LogP contribution < -0.4 is 5.32 Å². The molecule has 0 unspecified atom stereocenters. The highest BCUT2D eigenvalue weighted by Crippen LogP contribution is 2.24. The van der Waals surface area contributed by atoms with Gasteiger partial charge in [0.05, 0.1) is 11.6 Å². The average molecular weight is 445 g/mol. The summed E-state index contributed by atoms with van der Waals surface area (Å²) in [6.45, 7) is 1.26. The third kappa shape index (κ3) is 5.53. The van der Waals surface area contributed by atoms with E-state index >= 15 is 0 Å². The molecule has 9 nitrogen and oxygen atoms in total. The van der Waals surface area contributed by atoms with Gasteiger partial charge in [0.25, 0.3) is 5.91 Å². The summed E-state index contributed by atoms with van der Waals surface area (Å²) in [4.78, 5) is 40.0. The zero-order chi connectivity index (χ0) is 22.4. The number of rotatable bonds is 7. The van der Waals surface area contributed by atoms with Crippen LogP contribution >= 0.6 is 0 Å². The highest BCUT2D eigenvalue weighted by atomic mass is 32.2. The first-order chi connectivity index (χ1) is 14.8. The molecule has 1 N–H and O–H groups in total. The van der Waals surface area contributed by atoms with Crippen LogP contribution in [0, 0.1) is 5.92 Å². The van der Waals surface area contributed by atoms with Crippen molar-refractivity contribution in [2.45, 2.75) is 24.7 Å². The molecule has 1 fully saturated rings. The number of carbonyl (C=O) groups is 3. The fourth-order valence-electron chi connectivity index (χ4n) is 3.32. The predicted molar refractivity (Wildman–Crippen MR) is 112 cm³/mol. The number of hydrogen-bond donors (Lipinski definition) is 1. The lowest BCUT2D eigenvalue weighted by Gasteiger charge is -2.29. The number of benzene rings is 1. The SMILES string of the molecule is CC(=O)c1ccccc1NC(=O)COC(=O)C1CCN(S(=O)(=O)c2cccnc2)CC1. The summed E-state index contributed by atoms with van der Waals surface area (Å²) in [7, 11) is -3.66. The third-order valence-electron chi connectivity index (χ3n) is 4.99. The van der Waals surface area contributed by atoms with E-state index in [-0.39, 0.29) is 23.8 Å². The summed E-state index contributed by atoms with van der Waals surface area (Å²) >= 11 is 0. The molecule has 1 amide bonds. The second-order valence-corrected chi connectivity index (χ2v) is 9.06. The Morgan fingerprint density at radius 2 is 1.84 bits per heavy atom. The standard InChI is InChI=1S/C21H23N3O6S/c1-15(25)18-6-2-3-7-19(18)23-20(26)14-30-21(27)16-8-11-24(12-9-16)31(28,29)17-5-4-10-22-13-17/h2-7,10,13,16H,8-9,11-12,14H2,1H3,(H,23,26). The number of anilines is 1. The van der Waals surface area contributed by atoms with Crippen LogP contribution in [0.5, 0.6) is 0 Å². The molecule has 1 saturated heterocycles. The van der Waals surface area contributed by atoms with Gasteiger partial charge in [0.15, 0.2) is 12.4 Å². The lowest BCUT2D eigenvalue weighted by atomic mass is 9.98. The van der Waals surface area contributed by atoms with E-state index in [1.165, 1.54) is 29.7 Å². The molecule has 1 aliphatic heterocycles. The summed E-state index contributed by atoms with van der Waals surface area (Å²) in [5.74, 6) is -1.79. The number of carbonyl (C=O) groups excluding carboxylic acids is 3. The quantitative estimate of drug-likeness (QED) is 0.510. The molecule has 0 saturated carbocycles. The van der Waals surface area contributed by atoms with E-state index in [0.717, 1.165) is 0 Å². The normalized spacial score (nSPS) is 15.3. The third-order valence-corrected chi connectivity index (χ3v) is 6.87. The van der Waals surface area contributed by atoms with Crippen molar-refractivity contribution in [3.05, 3.63) is 54.4 Å². The number of Topliss-reactive ketones (excluding diaryl/α,β-unsaturated/α-hetero) is 1. The molecule has 31 heavy (non-hydrogen) atoms. The van der Waals surface area contributed by atoms with E-state index < -0.39 is 34.4 Å². The Balaban J connectivity index is 1.49. The maximum absolute atomic E-state index is 12.6. The van der Waals surface area contributed by atoms with Gasteiger partial charge in [-0.05, 0) is 44.0 Å². The van der Waals surface area contributed by atoms with Crippen molar-refractivity contribution >= 4 is 33.4 Å². The highest BCUT2D eigenvalue weighted by Gasteiger charge is 2.33. The number of ketones is 1. The van der Waals surface area contributed by atoms with E-state index in [9.17, 15) is 22.8 Å². The Hall–Kier alpha value is -3.11. The summed E-state index contributed by atoms with van der Waals surface area (Å²) in [5, 5.41) is 2.56. The van der Waals surface area contributed by atoms with Crippen molar-refractivity contribution in [1.29, 1.82) is 0 Å². The molecule has 0 bridgehead atoms. The van der Waals surface area contributed by atoms with Gasteiger partial charge >= 0.3 is 5.97 Å². The molecule has 1 aromatic heterocycles. The van der Waals surface area contributed by atoms with Crippen molar-refractivity contribution in [3.8, 4) is 0 Å². The largest absolute Gasteiger partial charge is 0.455 e. The number of hydrogen-bond acceptors (Lipinski definition) is 7. The molecule has 0 atom stereocenters. The van der Waals surface area contributed by atoms with E-state index in [1.807, 2.05) is 0 Å². The molecule has 0 radical (unpaired) electrons. The van der Waals surface area contributed by atoms with Crippen molar-refractivity contribution in [1.82, 2.24) is 9.29 Å². The first-order valence-corrected chi connectivity index (χ1v) is 11.2. The topological polar surface area (TPSA) is 123 Å². The number of piperidine rings is 1. The minimum atomic E-state index is -3.66. The van der Waals surface area contributed by atoms with Crippen LogP contribution in [0.25, 0.3) is 0 Å². The zero-order valence-corrected chi connectivity index (χ0v) is 17.8.